The topological polar surface area (TPSA) is 102 Å². The lowest BCUT2D eigenvalue weighted by atomic mass is 10.0. The molecule has 0 spiro atoms. The zero-order chi connectivity index (χ0) is 16.9. The molecular weight excluding hydrogens is 306 g/mol. The average Bonchev–Trinajstić information content (AvgIpc) is 2.30. The van der Waals surface area contributed by atoms with Gasteiger partial charge in [-0.1, -0.05) is 25.4 Å². The van der Waals surface area contributed by atoms with Crippen molar-refractivity contribution in [2.45, 2.75) is 46.3 Å². The van der Waals surface area contributed by atoms with Gasteiger partial charge in [0.2, 0.25) is 5.95 Å². The molecule has 1 rings (SSSR count). The number of hydrogen-bond donors (Lipinski definition) is 3. The summed E-state index contributed by atoms with van der Waals surface area (Å²) in [6, 6.07) is 1.44. The predicted octanol–water partition coefficient (Wildman–Crippen LogP) is 2.67. The van der Waals surface area contributed by atoms with Crippen molar-refractivity contribution in [3.8, 4) is 0 Å². The average molecular weight is 330 g/mol. The van der Waals surface area contributed by atoms with Crippen molar-refractivity contribution in [1.29, 1.82) is 0 Å². The van der Waals surface area contributed by atoms with E-state index in [9.17, 15) is 4.79 Å². The van der Waals surface area contributed by atoms with E-state index in [2.05, 4.69) is 20.6 Å². The third-order valence-corrected chi connectivity index (χ3v) is 2.92. The minimum absolute atomic E-state index is 0.0937. The maximum absolute atomic E-state index is 11.9. The van der Waals surface area contributed by atoms with Crippen LogP contribution in [0.5, 0.6) is 0 Å². The number of nitrogens with zero attached hydrogens (tertiary/aromatic N) is 2. The van der Waals surface area contributed by atoms with Crippen LogP contribution >= 0.6 is 11.6 Å². The van der Waals surface area contributed by atoms with Gasteiger partial charge in [-0.15, -0.1) is 0 Å². The highest BCUT2D eigenvalue weighted by atomic mass is 35.5. The van der Waals surface area contributed by atoms with Gasteiger partial charge in [0.1, 0.15) is 16.6 Å². The Morgan fingerprint density at radius 3 is 2.55 bits per heavy atom. The molecule has 0 radical (unpaired) electrons. The van der Waals surface area contributed by atoms with E-state index >= 15 is 0 Å². The fourth-order valence-corrected chi connectivity index (χ4v) is 1.84. The molecule has 0 bridgehead atoms. The van der Waals surface area contributed by atoms with E-state index in [-0.39, 0.29) is 23.1 Å². The van der Waals surface area contributed by atoms with Crippen LogP contribution in [-0.2, 0) is 4.74 Å². The van der Waals surface area contributed by atoms with E-state index in [1.165, 1.54) is 0 Å². The Morgan fingerprint density at radius 1 is 1.41 bits per heavy atom. The van der Waals surface area contributed by atoms with Gasteiger partial charge in [0.25, 0.3) is 0 Å². The fourth-order valence-electron chi connectivity index (χ4n) is 1.65. The number of carbonyl (C=O) groups excluding carboxylic acids is 1. The van der Waals surface area contributed by atoms with Gasteiger partial charge >= 0.3 is 6.09 Å². The number of carbonyl (C=O) groups is 1. The molecule has 124 valence electrons. The Labute approximate surface area is 136 Å². The van der Waals surface area contributed by atoms with Crippen molar-refractivity contribution in [1.82, 2.24) is 15.3 Å². The number of hydrogen-bond acceptors (Lipinski definition) is 6. The van der Waals surface area contributed by atoms with Gasteiger partial charge in [-0.25, -0.2) is 9.78 Å². The molecule has 0 saturated heterocycles. The molecule has 22 heavy (non-hydrogen) atoms. The quantitative estimate of drug-likeness (QED) is 0.718. The third-order valence-electron chi connectivity index (χ3n) is 2.72. The molecule has 1 amide bonds. The van der Waals surface area contributed by atoms with E-state index in [0.717, 1.165) is 0 Å². The number of aromatic nitrogens is 2. The van der Waals surface area contributed by atoms with E-state index in [4.69, 9.17) is 22.1 Å². The van der Waals surface area contributed by atoms with Crippen molar-refractivity contribution in [2.24, 2.45) is 5.92 Å². The minimum atomic E-state index is -0.534. The normalized spacial score (nSPS) is 12.9. The number of nitrogens with two attached hydrogens (primary N) is 1. The predicted molar refractivity (Wildman–Crippen MR) is 87.9 cm³/mol. The van der Waals surface area contributed by atoms with Crippen LogP contribution in [0.2, 0.25) is 5.15 Å². The number of nitrogens with one attached hydrogen (secondary N) is 2. The zero-order valence-electron chi connectivity index (χ0n) is 13.6. The van der Waals surface area contributed by atoms with Gasteiger partial charge in [0.15, 0.2) is 0 Å². The maximum Gasteiger partial charge on any atom is 0.407 e. The number of alkyl carbamates (subject to hydrolysis) is 1. The van der Waals surface area contributed by atoms with Crippen LogP contribution in [0.4, 0.5) is 16.6 Å². The number of amides is 1. The lowest BCUT2D eigenvalue weighted by Crippen LogP contribution is -2.45. The SMILES string of the molecule is CC(C)C(CNc1cc(Cl)nc(N)n1)NC(=O)OC(C)(C)C. The second-order valence-electron chi connectivity index (χ2n) is 6.31. The Bertz CT molecular complexity index is 496. The third kappa shape index (κ3) is 6.80. The second-order valence-corrected chi connectivity index (χ2v) is 6.70. The molecule has 0 aliphatic heterocycles. The molecule has 0 fully saturated rings. The van der Waals surface area contributed by atoms with Crippen LogP contribution in [0.3, 0.4) is 0 Å². The minimum Gasteiger partial charge on any atom is -0.444 e. The molecule has 0 saturated carbocycles. The molecule has 7 nitrogen and oxygen atoms in total. The Balaban J connectivity index is 2.63. The molecule has 0 aliphatic rings. The standard InChI is InChI=1S/C14H24ClN5O2/c1-8(2)9(18-13(21)22-14(3,4)5)7-17-11-6-10(15)19-12(16)20-11/h6,8-9H,7H2,1-5H3,(H,18,21)(H3,16,17,19,20). The van der Waals surface area contributed by atoms with E-state index in [1.54, 1.807) is 6.07 Å². The van der Waals surface area contributed by atoms with E-state index in [0.29, 0.717) is 12.4 Å². The second kappa shape index (κ2) is 7.49. The largest absolute Gasteiger partial charge is 0.444 e. The molecule has 8 heteroatoms. The zero-order valence-corrected chi connectivity index (χ0v) is 14.4. The van der Waals surface area contributed by atoms with Crippen LogP contribution < -0.4 is 16.4 Å². The van der Waals surface area contributed by atoms with Gasteiger partial charge in [-0.05, 0) is 26.7 Å². The lowest BCUT2D eigenvalue weighted by Gasteiger charge is -2.26. The smallest absolute Gasteiger partial charge is 0.407 e. The summed E-state index contributed by atoms with van der Waals surface area (Å²) in [6.07, 6.45) is -0.451. The van der Waals surface area contributed by atoms with Crippen LogP contribution in [-0.4, -0.2) is 34.2 Å². The Morgan fingerprint density at radius 2 is 2.05 bits per heavy atom. The van der Waals surface area contributed by atoms with Gasteiger partial charge in [-0.3, -0.25) is 0 Å². The molecule has 4 N–H and O–H groups in total. The number of ether oxygens (including phenoxy) is 1. The van der Waals surface area contributed by atoms with Crippen molar-refractivity contribution >= 4 is 29.5 Å². The Hall–Kier alpha value is -1.76. The maximum atomic E-state index is 11.9. The molecule has 1 heterocycles. The summed E-state index contributed by atoms with van der Waals surface area (Å²) >= 11 is 5.82. The summed E-state index contributed by atoms with van der Waals surface area (Å²) in [7, 11) is 0. The highest BCUT2D eigenvalue weighted by molar-refractivity contribution is 6.29. The monoisotopic (exact) mass is 329 g/mol. The van der Waals surface area contributed by atoms with Crippen LogP contribution in [0.1, 0.15) is 34.6 Å². The number of anilines is 2. The van der Waals surface area contributed by atoms with E-state index < -0.39 is 11.7 Å². The lowest BCUT2D eigenvalue weighted by molar-refractivity contribution is 0.0494. The highest BCUT2D eigenvalue weighted by Crippen LogP contribution is 2.13. The number of rotatable bonds is 5. The Kier molecular flexibility index (Phi) is 6.22. The first-order chi connectivity index (χ1) is 10.1. The summed E-state index contributed by atoms with van der Waals surface area (Å²) in [5.74, 6) is 0.806. The molecular formula is C14H24ClN5O2. The van der Waals surface area contributed by atoms with Crippen LogP contribution in [0.15, 0.2) is 6.07 Å². The molecule has 0 aromatic carbocycles. The summed E-state index contributed by atoms with van der Waals surface area (Å²) in [5, 5.41) is 6.19. The molecule has 1 unspecified atom stereocenters. The van der Waals surface area contributed by atoms with Crippen molar-refractivity contribution < 1.29 is 9.53 Å². The van der Waals surface area contributed by atoms with E-state index in [1.807, 2.05) is 34.6 Å². The highest BCUT2D eigenvalue weighted by Gasteiger charge is 2.21. The molecule has 1 aromatic heterocycles. The summed E-state index contributed by atoms with van der Waals surface area (Å²) in [4.78, 5) is 19.7. The molecule has 1 atom stereocenters. The molecule has 0 aliphatic carbocycles. The first-order valence-electron chi connectivity index (χ1n) is 7.10. The summed E-state index contributed by atoms with van der Waals surface area (Å²) in [5.41, 5.74) is 5.01. The summed E-state index contributed by atoms with van der Waals surface area (Å²) in [6.45, 7) is 9.93. The van der Waals surface area contributed by atoms with Crippen molar-refractivity contribution in [3.05, 3.63) is 11.2 Å². The number of halogens is 1. The van der Waals surface area contributed by atoms with Crippen molar-refractivity contribution in [3.63, 3.8) is 0 Å². The summed E-state index contributed by atoms with van der Waals surface area (Å²) < 4.78 is 5.26. The number of nitrogen functional groups attached to an aromatic ring is 1. The van der Waals surface area contributed by atoms with Crippen LogP contribution in [0.25, 0.3) is 0 Å². The van der Waals surface area contributed by atoms with Gasteiger partial charge in [-0.2, -0.15) is 4.98 Å². The van der Waals surface area contributed by atoms with Crippen LogP contribution in [0, 0.1) is 5.92 Å². The first-order valence-corrected chi connectivity index (χ1v) is 7.48. The molecule has 1 aromatic rings. The van der Waals surface area contributed by atoms with Gasteiger partial charge in [0, 0.05) is 12.6 Å². The fraction of sp³-hybridized carbons (Fsp3) is 0.643. The first kappa shape index (κ1) is 18.3. The van der Waals surface area contributed by atoms with Gasteiger partial charge < -0.3 is 21.1 Å². The van der Waals surface area contributed by atoms with Gasteiger partial charge in [0.05, 0.1) is 6.04 Å². The van der Waals surface area contributed by atoms with Crippen molar-refractivity contribution in [2.75, 3.05) is 17.6 Å².